The molecule has 0 spiro atoms. The third-order valence-corrected chi connectivity index (χ3v) is 2.81. The predicted octanol–water partition coefficient (Wildman–Crippen LogP) is 2.67. The van der Waals surface area contributed by atoms with Crippen LogP contribution in [-0.2, 0) is 13.0 Å². The minimum absolute atomic E-state index is 0.225. The summed E-state index contributed by atoms with van der Waals surface area (Å²) >= 11 is 1.68. The van der Waals surface area contributed by atoms with Gasteiger partial charge in [0.05, 0.1) is 6.54 Å². The molecule has 0 saturated carbocycles. The van der Waals surface area contributed by atoms with E-state index in [9.17, 15) is 8.78 Å². The van der Waals surface area contributed by atoms with Gasteiger partial charge in [0, 0.05) is 11.4 Å². The van der Waals surface area contributed by atoms with Crippen molar-refractivity contribution in [2.24, 2.45) is 0 Å². The Kier molecular flexibility index (Phi) is 4.32. The molecule has 1 rings (SSSR count). The Morgan fingerprint density at radius 3 is 2.85 bits per heavy atom. The van der Waals surface area contributed by atoms with E-state index in [-0.39, 0.29) is 6.54 Å². The summed E-state index contributed by atoms with van der Waals surface area (Å²) in [4.78, 5) is 1.30. The van der Waals surface area contributed by atoms with Crippen LogP contribution < -0.4 is 5.32 Å². The lowest BCUT2D eigenvalue weighted by Crippen LogP contribution is -2.20. The molecule has 0 aliphatic rings. The van der Waals surface area contributed by atoms with Crippen molar-refractivity contribution < 1.29 is 8.78 Å². The molecule has 0 radical (unpaired) electrons. The minimum Gasteiger partial charge on any atom is -0.307 e. The van der Waals surface area contributed by atoms with E-state index >= 15 is 0 Å². The van der Waals surface area contributed by atoms with Crippen LogP contribution in [0.5, 0.6) is 0 Å². The molecule has 0 aliphatic carbocycles. The number of hydrogen-bond donors (Lipinski definition) is 1. The maximum atomic E-state index is 11.7. The van der Waals surface area contributed by atoms with Gasteiger partial charge in [-0.05, 0) is 23.4 Å². The fourth-order valence-electron chi connectivity index (χ4n) is 1.03. The summed E-state index contributed by atoms with van der Waals surface area (Å²) in [6.07, 6.45) is -1.25. The molecule has 0 aliphatic heterocycles. The molecule has 74 valence electrons. The molecule has 0 aromatic carbocycles. The molecular weight excluding hydrogens is 192 g/mol. The Hall–Kier alpha value is -0.480. The molecule has 1 aromatic rings. The molecule has 0 fully saturated rings. The van der Waals surface area contributed by atoms with Gasteiger partial charge in [0.15, 0.2) is 0 Å². The lowest BCUT2D eigenvalue weighted by atomic mass is 10.3. The average Bonchev–Trinajstić information content (AvgIpc) is 2.52. The van der Waals surface area contributed by atoms with E-state index in [1.165, 1.54) is 4.88 Å². The summed E-state index contributed by atoms with van der Waals surface area (Å²) in [5, 5.41) is 4.71. The number of aryl methyl sites for hydroxylation is 1. The molecule has 1 N–H and O–H groups in total. The maximum Gasteiger partial charge on any atom is 0.250 e. The quantitative estimate of drug-likeness (QED) is 0.779. The maximum absolute atomic E-state index is 11.7. The lowest BCUT2D eigenvalue weighted by Gasteiger charge is -2.00. The number of nitrogens with one attached hydrogen (secondary N) is 1. The summed E-state index contributed by atoms with van der Waals surface area (Å²) < 4.78 is 23.5. The lowest BCUT2D eigenvalue weighted by molar-refractivity contribution is 0.145. The molecule has 1 aromatic heterocycles. The Morgan fingerprint density at radius 2 is 2.31 bits per heavy atom. The first-order valence-electron chi connectivity index (χ1n) is 4.27. The molecule has 0 atom stereocenters. The summed E-state index contributed by atoms with van der Waals surface area (Å²) in [6.45, 7) is 2.40. The number of halogens is 2. The largest absolute Gasteiger partial charge is 0.307 e. The number of alkyl halides is 2. The van der Waals surface area contributed by atoms with Crippen molar-refractivity contribution in [3.05, 3.63) is 21.9 Å². The van der Waals surface area contributed by atoms with Crippen molar-refractivity contribution in [3.8, 4) is 0 Å². The van der Waals surface area contributed by atoms with Gasteiger partial charge in [0.25, 0.3) is 6.43 Å². The van der Waals surface area contributed by atoms with E-state index in [4.69, 9.17) is 0 Å². The highest BCUT2D eigenvalue weighted by molar-refractivity contribution is 7.10. The van der Waals surface area contributed by atoms with E-state index < -0.39 is 6.43 Å². The number of hydrogen-bond acceptors (Lipinski definition) is 2. The molecule has 1 nitrogen and oxygen atoms in total. The monoisotopic (exact) mass is 205 g/mol. The first-order chi connectivity index (χ1) is 6.22. The molecule has 0 saturated heterocycles. The number of rotatable bonds is 5. The van der Waals surface area contributed by atoms with Crippen molar-refractivity contribution in [3.63, 3.8) is 0 Å². The van der Waals surface area contributed by atoms with E-state index in [0.717, 1.165) is 12.0 Å². The van der Waals surface area contributed by atoms with E-state index in [2.05, 4.69) is 18.3 Å². The second-order valence-electron chi connectivity index (χ2n) is 2.80. The van der Waals surface area contributed by atoms with E-state index in [0.29, 0.717) is 6.54 Å². The van der Waals surface area contributed by atoms with Crippen LogP contribution in [0.3, 0.4) is 0 Å². The normalized spacial score (nSPS) is 11.1. The van der Waals surface area contributed by atoms with Gasteiger partial charge in [-0.1, -0.05) is 6.92 Å². The summed E-state index contributed by atoms with van der Waals surface area (Å²) in [7, 11) is 0. The van der Waals surface area contributed by atoms with Crippen LogP contribution in [-0.4, -0.2) is 13.0 Å². The van der Waals surface area contributed by atoms with Crippen LogP contribution in [0.15, 0.2) is 11.4 Å². The first kappa shape index (κ1) is 10.6. The second-order valence-corrected chi connectivity index (χ2v) is 3.79. The van der Waals surface area contributed by atoms with Crippen LogP contribution in [0.1, 0.15) is 17.4 Å². The molecule has 1 heterocycles. The molecule has 13 heavy (non-hydrogen) atoms. The van der Waals surface area contributed by atoms with Crippen LogP contribution >= 0.6 is 11.3 Å². The molecular formula is C9H13F2NS. The predicted molar refractivity (Wildman–Crippen MR) is 51.4 cm³/mol. The highest BCUT2D eigenvalue weighted by atomic mass is 32.1. The van der Waals surface area contributed by atoms with E-state index in [1.807, 2.05) is 5.38 Å². The topological polar surface area (TPSA) is 12.0 Å². The summed E-state index contributed by atoms with van der Waals surface area (Å²) in [6, 6.07) is 2.06. The number of thiophene rings is 1. The van der Waals surface area contributed by atoms with Crippen LogP contribution in [0, 0.1) is 0 Å². The van der Waals surface area contributed by atoms with Gasteiger partial charge in [-0.3, -0.25) is 0 Å². The smallest absolute Gasteiger partial charge is 0.250 e. The third-order valence-electron chi connectivity index (χ3n) is 1.68. The zero-order valence-corrected chi connectivity index (χ0v) is 8.33. The van der Waals surface area contributed by atoms with Crippen LogP contribution in [0.2, 0.25) is 0 Å². The fraction of sp³-hybridized carbons (Fsp3) is 0.556. The molecule has 0 amide bonds. The highest BCUT2D eigenvalue weighted by Gasteiger charge is 2.02. The fourth-order valence-corrected chi connectivity index (χ4v) is 1.87. The van der Waals surface area contributed by atoms with Gasteiger partial charge in [0.1, 0.15) is 0 Å². The molecule has 0 bridgehead atoms. The average molecular weight is 205 g/mol. The van der Waals surface area contributed by atoms with Crippen LogP contribution in [0.25, 0.3) is 0 Å². The zero-order valence-electron chi connectivity index (χ0n) is 7.52. The van der Waals surface area contributed by atoms with Gasteiger partial charge in [0.2, 0.25) is 0 Å². The van der Waals surface area contributed by atoms with Crippen molar-refractivity contribution >= 4 is 11.3 Å². The van der Waals surface area contributed by atoms with Gasteiger partial charge in [-0.25, -0.2) is 8.78 Å². The SMILES string of the molecule is CCc1cc(CNCC(F)F)cs1. The zero-order chi connectivity index (χ0) is 9.68. The summed E-state index contributed by atoms with van der Waals surface area (Å²) in [5.41, 5.74) is 1.10. The van der Waals surface area contributed by atoms with Gasteiger partial charge < -0.3 is 5.32 Å². The van der Waals surface area contributed by atoms with Gasteiger partial charge in [-0.2, -0.15) is 0 Å². The molecule has 4 heteroatoms. The van der Waals surface area contributed by atoms with Crippen molar-refractivity contribution in [2.45, 2.75) is 26.3 Å². The Labute approximate surface area is 80.8 Å². The van der Waals surface area contributed by atoms with Crippen molar-refractivity contribution in [1.82, 2.24) is 5.32 Å². The van der Waals surface area contributed by atoms with E-state index in [1.54, 1.807) is 11.3 Å². The minimum atomic E-state index is -2.26. The Morgan fingerprint density at radius 1 is 1.54 bits per heavy atom. The standard InChI is InChI=1S/C9H13F2NS/c1-2-8-3-7(6-13-8)4-12-5-9(10)11/h3,6,9,12H,2,4-5H2,1H3. The summed E-state index contributed by atoms with van der Waals surface area (Å²) in [5.74, 6) is 0. The third kappa shape index (κ3) is 3.83. The van der Waals surface area contributed by atoms with Crippen molar-refractivity contribution in [1.29, 1.82) is 0 Å². The Balaban J connectivity index is 2.28. The van der Waals surface area contributed by atoms with Gasteiger partial charge >= 0.3 is 0 Å². The van der Waals surface area contributed by atoms with Crippen molar-refractivity contribution in [2.75, 3.05) is 6.54 Å². The molecule has 0 unspecified atom stereocenters. The highest BCUT2D eigenvalue weighted by Crippen LogP contribution is 2.14. The Bertz CT molecular complexity index is 248. The first-order valence-corrected chi connectivity index (χ1v) is 5.15. The van der Waals surface area contributed by atoms with Gasteiger partial charge in [-0.15, -0.1) is 11.3 Å². The second kappa shape index (κ2) is 5.29. The van der Waals surface area contributed by atoms with Crippen LogP contribution in [0.4, 0.5) is 8.78 Å².